The number of nitrogens with zero attached hydrogens (tertiary/aromatic N) is 4. The minimum atomic E-state index is -0.0339. The van der Waals surface area contributed by atoms with Gasteiger partial charge in [-0.3, -0.25) is 4.90 Å². The zero-order valence-electron chi connectivity index (χ0n) is 10.6. The first-order valence-electron chi connectivity index (χ1n) is 5.74. The van der Waals surface area contributed by atoms with Gasteiger partial charge in [0.25, 0.3) is 5.89 Å². The zero-order valence-corrected chi connectivity index (χ0v) is 12.2. The molecule has 2 heterocycles. The third-order valence-corrected chi connectivity index (χ3v) is 2.89. The first kappa shape index (κ1) is 13.8. The van der Waals surface area contributed by atoms with E-state index < -0.39 is 0 Å². The summed E-state index contributed by atoms with van der Waals surface area (Å²) in [4.78, 5) is 1.96. The second-order valence-electron chi connectivity index (χ2n) is 4.33. The SMILES string of the molecule is CC(C#N)CN(C)Cc1nnc(-c2ccc(Br)o2)o1. The minimum absolute atomic E-state index is 0.0339. The normalized spacial score (nSPS) is 12.6. The lowest BCUT2D eigenvalue weighted by atomic mass is 10.2. The van der Waals surface area contributed by atoms with Crippen LogP contribution < -0.4 is 0 Å². The molecule has 0 N–H and O–H groups in total. The Labute approximate surface area is 119 Å². The van der Waals surface area contributed by atoms with Crippen LogP contribution in [0, 0.1) is 17.2 Å². The first-order chi connectivity index (χ1) is 9.08. The van der Waals surface area contributed by atoms with E-state index in [2.05, 4.69) is 32.2 Å². The van der Waals surface area contributed by atoms with Gasteiger partial charge in [0.1, 0.15) is 0 Å². The summed E-state index contributed by atoms with van der Waals surface area (Å²) in [6, 6.07) is 5.70. The van der Waals surface area contributed by atoms with Crippen LogP contribution in [-0.2, 0) is 6.54 Å². The fraction of sp³-hybridized carbons (Fsp3) is 0.417. The maximum atomic E-state index is 8.76. The highest BCUT2D eigenvalue weighted by Gasteiger charge is 2.14. The molecule has 0 saturated carbocycles. The molecular weight excluding hydrogens is 312 g/mol. The Morgan fingerprint density at radius 2 is 2.21 bits per heavy atom. The van der Waals surface area contributed by atoms with Crippen LogP contribution in [0.25, 0.3) is 11.7 Å². The summed E-state index contributed by atoms with van der Waals surface area (Å²) in [5, 5.41) is 16.6. The third kappa shape index (κ3) is 3.66. The number of nitriles is 1. The Morgan fingerprint density at radius 3 is 2.84 bits per heavy atom. The predicted molar refractivity (Wildman–Crippen MR) is 70.8 cm³/mol. The van der Waals surface area contributed by atoms with Crippen LogP contribution in [-0.4, -0.2) is 28.7 Å². The van der Waals surface area contributed by atoms with Crippen LogP contribution in [0.4, 0.5) is 0 Å². The van der Waals surface area contributed by atoms with E-state index in [1.54, 1.807) is 12.1 Å². The summed E-state index contributed by atoms with van der Waals surface area (Å²) in [5.41, 5.74) is 0. The molecule has 6 nitrogen and oxygen atoms in total. The van der Waals surface area contributed by atoms with Crippen molar-refractivity contribution in [3.05, 3.63) is 22.7 Å². The molecule has 0 aliphatic carbocycles. The van der Waals surface area contributed by atoms with Crippen LogP contribution in [0.15, 0.2) is 25.6 Å². The lowest BCUT2D eigenvalue weighted by Crippen LogP contribution is -2.23. The molecule has 0 aliphatic rings. The molecule has 0 fully saturated rings. The molecule has 2 rings (SSSR count). The van der Waals surface area contributed by atoms with Crippen molar-refractivity contribution in [3.8, 4) is 17.7 Å². The molecule has 2 aromatic rings. The maximum Gasteiger partial charge on any atom is 0.283 e. The lowest BCUT2D eigenvalue weighted by Gasteiger charge is -2.14. The van der Waals surface area contributed by atoms with Crippen molar-refractivity contribution in [2.75, 3.05) is 13.6 Å². The number of hydrogen-bond acceptors (Lipinski definition) is 6. The third-order valence-electron chi connectivity index (χ3n) is 2.46. The average molecular weight is 325 g/mol. The van der Waals surface area contributed by atoms with Gasteiger partial charge in [0.05, 0.1) is 18.5 Å². The molecule has 0 radical (unpaired) electrons. The Bertz CT molecular complexity index is 587. The van der Waals surface area contributed by atoms with Gasteiger partial charge in [-0.15, -0.1) is 10.2 Å². The summed E-state index contributed by atoms with van der Waals surface area (Å²) in [6.45, 7) is 3.03. The molecule has 1 atom stereocenters. The fourth-order valence-electron chi connectivity index (χ4n) is 1.65. The molecule has 0 bridgehead atoms. The maximum absolute atomic E-state index is 8.76. The summed E-state index contributed by atoms with van der Waals surface area (Å²) in [5.74, 6) is 1.34. The highest BCUT2D eigenvalue weighted by Crippen LogP contribution is 2.23. The average Bonchev–Trinajstić information content (AvgIpc) is 2.97. The Balaban J connectivity index is 2.00. The molecule has 0 amide bonds. The summed E-state index contributed by atoms with van der Waals surface area (Å²) in [6.07, 6.45) is 0. The molecular formula is C12H13BrN4O2. The monoisotopic (exact) mass is 324 g/mol. The van der Waals surface area contributed by atoms with Crippen molar-refractivity contribution in [2.45, 2.75) is 13.5 Å². The standard InChI is InChI=1S/C12H13BrN4O2/c1-8(5-14)6-17(2)7-11-15-16-12(19-11)9-3-4-10(13)18-9/h3-4,8H,6-7H2,1-2H3. The van der Waals surface area contributed by atoms with Crippen molar-refractivity contribution in [3.63, 3.8) is 0 Å². The highest BCUT2D eigenvalue weighted by molar-refractivity contribution is 9.10. The molecule has 0 aromatic carbocycles. The Morgan fingerprint density at radius 1 is 1.42 bits per heavy atom. The van der Waals surface area contributed by atoms with Gasteiger partial charge in [0.15, 0.2) is 10.4 Å². The van der Waals surface area contributed by atoms with Gasteiger partial charge in [0, 0.05) is 6.54 Å². The quantitative estimate of drug-likeness (QED) is 0.841. The van der Waals surface area contributed by atoms with Crippen LogP contribution in [0.1, 0.15) is 12.8 Å². The molecule has 1 unspecified atom stereocenters. The topological polar surface area (TPSA) is 79.1 Å². The van der Waals surface area contributed by atoms with Crippen LogP contribution in [0.3, 0.4) is 0 Å². The van der Waals surface area contributed by atoms with E-state index >= 15 is 0 Å². The van der Waals surface area contributed by atoms with E-state index in [0.29, 0.717) is 35.3 Å². The Kier molecular flexibility index (Phi) is 4.35. The second-order valence-corrected chi connectivity index (χ2v) is 5.11. The summed E-state index contributed by atoms with van der Waals surface area (Å²) < 4.78 is 11.5. The first-order valence-corrected chi connectivity index (χ1v) is 6.54. The van der Waals surface area contributed by atoms with Crippen molar-refractivity contribution in [2.24, 2.45) is 5.92 Å². The number of aromatic nitrogens is 2. The molecule has 7 heteroatoms. The van der Waals surface area contributed by atoms with Crippen LogP contribution >= 0.6 is 15.9 Å². The van der Waals surface area contributed by atoms with Crippen molar-refractivity contribution in [1.29, 1.82) is 5.26 Å². The highest BCUT2D eigenvalue weighted by atomic mass is 79.9. The summed E-state index contributed by atoms with van der Waals surface area (Å²) in [7, 11) is 1.90. The number of rotatable bonds is 5. The van der Waals surface area contributed by atoms with Gasteiger partial charge in [-0.1, -0.05) is 0 Å². The molecule has 100 valence electrons. The van der Waals surface area contributed by atoms with Gasteiger partial charge in [-0.25, -0.2) is 0 Å². The van der Waals surface area contributed by atoms with Crippen molar-refractivity contribution >= 4 is 15.9 Å². The molecule has 0 saturated heterocycles. The van der Waals surface area contributed by atoms with Gasteiger partial charge < -0.3 is 8.83 Å². The molecule has 0 spiro atoms. The lowest BCUT2D eigenvalue weighted by molar-refractivity contribution is 0.271. The second kappa shape index (κ2) is 5.99. The van der Waals surface area contributed by atoms with Gasteiger partial charge in [0.2, 0.25) is 5.89 Å². The predicted octanol–water partition coefficient (Wildman–Crippen LogP) is 2.68. The van der Waals surface area contributed by atoms with Crippen LogP contribution in [0.5, 0.6) is 0 Å². The van der Waals surface area contributed by atoms with E-state index in [1.165, 1.54) is 0 Å². The van der Waals surface area contributed by atoms with Crippen LogP contribution in [0.2, 0.25) is 0 Å². The van der Waals surface area contributed by atoms with Gasteiger partial charge in [-0.05, 0) is 42.0 Å². The number of furan rings is 1. The van der Waals surface area contributed by atoms with E-state index in [9.17, 15) is 0 Å². The van der Waals surface area contributed by atoms with E-state index in [4.69, 9.17) is 14.1 Å². The molecule has 19 heavy (non-hydrogen) atoms. The van der Waals surface area contributed by atoms with E-state index in [-0.39, 0.29) is 5.92 Å². The summed E-state index contributed by atoms with van der Waals surface area (Å²) >= 11 is 3.22. The van der Waals surface area contributed by atoms with Crippen molar-refractivity contribution < 1.29 is 8.83 Å². The van der Waals surface area contributed by atoms with Crippen molar-refractivity contribution in [1.82, 2.24) is 15.1 Å². The largest absolute Gasteiger partial charge is 0.444 e. The number of hydrogen-bond donors (Lipinski definition) is 0. The molecule has 0 aliphatic heterocycles. The van der Waals surface area contributed by atoms with E-state index in [0.717, 1.165) is 0 Å². The van der Waals surface area contributed by atoms with E-state index in [1.807, 2.05) is 18.9 Å². The Hall–Kier alpha value is -1.65. The van der Waals surface area contributed by atoms with Gasteiger partial charge in [-0.2, -0.15) is 5.26 Å². The minimum Gasteiger partial charge on any atom is -0.444 e. The van der Waals surface area contributed by atoms with Gasteiger partial charge >= 0.3 is 0 Å². The fourth-order valence-corrected chi connectivity index (χ4v) is 1.96. The number of halogens is 1. The smallest absolute Gasteiger partial charge is 0.283 e. The zero-order chi connectivity index (χ0) is 13.8. The molecule has 2 aromatic heterocycles.